The van der Waals surface area contributed by atoms with Crippen LogP contribution < -0.4 is 0 Å². The molecule has 2 nitrogen and oxygen atoms in total. The van der Waals surface area contributed by atoms with Crippen LogP contribution in [0, 0.1) is 0 Å². The van der Waals surface area contributed by atoms with E-state index in [-0.39, 0.29) is 0 Å². The van der Waals surface area contributed by atoms with E-state index in [1.165, 1.54) is 51.0 Å². The largest absolute Gasteiger partial charge is 0.478 e. The second kappa shape index (κ2) is 17.2. The lowest BCUT2D eigenvalue weighted by Gasteiger charge is -1.98. The Morgan fingerprint density at radius 2 is 1.23 bits per heavy atom. The van der Waals surface area contributed by atoms with Crippen molar-refractivity contribution in [3.63, 3.8) is 0 Å². The molecule has 0 fully saturated rings. The van der Waals surface area contributed by atoms with Gasteiger partial charge in [-0.05, 0) is 12.8 Å². The molecule has 0 aliphatic heterocycles. The van der Waals surface area contributed by atoms with Crippen molar-refractivity contribution in [3.05, 3.63) is 60.8 Å². The van der Waals surface area contributed by atoms with Crippen molar-refractivity contribution in [2.45, 2.75) is 58.3 Å². The Bertz CT molecular complexity index is 398. The highest BCUT2D eigenvalue weighted by Gasteiger charge is 1.88. The fraction of sp³-hybridized carbons (Fsp3) is 0.450. The average Bonchev–Trinajstić information content (AvgIpc) is 2.50. The van der Waals surface area contributed by atoms with Crippen LogP contribution in [0.15, 0.2) is 60.8 Å². The molecule has 0 amide bonds. The van der Waals surface area contributed by atoms with Crippen molar-refractivity contribution in [3.8, 4) is 0 Å². The number of hydrogen-bond donors (Lipinski definition) is 1. The van der Waals surface area contributed by atoms with E-state index in [9.17, 15) is 4.79 Å². The van der Waals surface area contributed by atoms with Crippen LogP contribution >= 0.6 is 0 Å². The summed E-state index contributed by atoms with van der Waals surface area (Å²) < 4.78 is 0. The molecule has 0 aliphatic rings. The number of rotatable bonds is 13. The van der Waals surface area contributed by atoms with Gasteiger partial charge in [0.15, 0.2) is 0 Å². The van der Waals surface area contributed by atoms with Gasteiger partial charge in [-0.15, -0.1) is 0 Å². The highest BCUT2D eigenvalue weighted by atomic mass is 16.4. The second-order valence-corrected chi connectivity index (χ2v) is 5.19. The Balaban J connectivity index is 3.50. The number of carbonyl (C=O) groups is 1. The van der Waals surface area contributed by atoms with Crippen molar-refractivity contribution in [1.82, 2.24) is 0 Å². The zero-order valence-corrected chi connectivity index (χ0v) is 13.8. The third-order valence-electron chi connectivity index (χ3n) is 3.13. The Hall–Kier alpha value is -1.83. The summed E-state index contributed by atoms with van der Waals surface area (Å²) in [5.74, 6) is -0.931. The SMILES string of the molecule is CCCCCCCCCC=CC=CC=CC=CC=CC(=O)O. The normalized spacial score (nSPS) is 12.8. The Morgan fingerprint density at radius 3 is 1.82 bits per heavy atom. The van der Waals surface area contributed by atoms with Crippen molar-refractivity contribution >= 4 is 5.97 Å². The van der Waals surface area contributed by atoms with E-state index >= 15 is 0 Å². The van der Waals surface area contributed by atoms with Crippen LogP contribution in [0.3, 0.4) is 0 Å². The standard InChI is InChI=1S/C20H30O2/c1-2-3-4-5-6-7-8-9-10-11-12-13-14-15-16-17-18-19-20(21)22/h10-19H,2-9H2,1H3,(H,21,22). The van der Waals surface area contributed by atoms with Crippen LogP contribution in [0.5, 0.6) is 0 Å². The quantitative estimate of drug-likeness (QED) is 0.258. The monoisotopic (exact) mass is 302 g/mol. The Morgan fingerprint density at radius 1 is 0.727 bits per heavy atom. The molecule has 0 saturated carbocycles. The first-order valence-electron chi connectivity index (χ1n) is 8.33. The predicted molar refractivity (Wildman–Crippen MR) is 95.9 cm³/mol. The van der Waals surface area contributed by atoms with Gasteiger partial charge in [0.2, 0.25) is 0 Å². The van der Waals surface area contributed by atoms with Crippen LogP contribution in [0.25, 0.3) is 0 Å². The summed E-state index contributed by atoms with van der Waals surface area (Å²) in [6.45, 7) is 2.25. The molecular formula is C20H30O2. The molecule has 0 rings (SSSR count). The third kappa shape index (κ3) is 18.2. The minimum atomic E-state index is -0.931. The molecule has 22 heavy (non-hydrogen) atoms. The molecule has 0 saturated heterocycles. The summed E-state index contributed by atoms with van der Waals surface area (Å²) in [5.41, 5.74) is 0. The zero-order valence-electron chi connectivity index (χ0n) is 13.8. The van der Waals surface area contributed by atoms with E-state index in [0.717, 1.165) is 12.5 Å². The van der Waals surface area contributed by atoms with Gasteiger partial charge in [0, 0.05) is 6.08 Å². The Labute approximate surface area is 135 Å². The number of unbranched alkanes of at least 4 members (excludes halogenated alkanes) is 7. The lowest BCUT2D eigenvalue weighted by molar-refractivity contribution is -0.131. The lowest BCUT2D eigenvalue weighted by Crippen LogP contribution is -1.84. The molecule has 0 heterocycles. The van der Waals surface area contributed by atoms with E-state index < -0.39 is 5.97 Å². The molecular weight excluding hydrogens is 272 g/mol. The van der Waals surface area contributed by atoms with Gasteiger partial charge in [-0.25, -0.2) is 4.79 Å². The lowest BCUT2D eigenvalue weighted by atomic mass is 10.1. The van der Waals surface area contributed by atoms with Crippen LogP contribution in [-0.4, -0.2) is 11.1 Å². The van der Waals surface area contributed by atoms with E-state index in [1.807, 2.05) is 24.3 Å². The number of allylic oxidation sites excluding steroid dienone is 9. The van der Waals surface area contributed by atoms with Crippen LogP contribution in [-0.2, 0) is 4.79 Å². The summed E-state index contributed by atoms with van der Waals surface area (Å²) in [6.07, 6.45) is 28.8. The first kappa shape index (κ1) is 20.2. The molecule has 0 aromatic rings. The fourth-order valence-electron chi connectivity index (χ4n) is 1.92. The molecule has 0 bridgehead atoms. The van der Waals surface area contributed by atoms with Gasteiger partial charge in [-0.1, -0.05) is 100 Å². The third-order valence-corrected chi connectivity index (χ3v) is 3.13. The van der Waals surface area contributed by atoms with E-state index in [4.69, 9.17) is 5.11 Å². The van der Waals surface area contributed by atoms with Crippen molar-refractivity contribution < 1.29 is 9.90 Å². The molecule has 0 aliphatic carbocycles. The number of carboxylic acids is 1. The van der Waals surface area contributed by atoms with Crippen molar-refractivity contribution in [2.75, 3.05) is 0 Å². The van der Waals surface area contributed by atoms with Gasteiger partial charge in [-0.3, -0.25) is 0 Å². The molecule has 0 radical (unpaired) electrons. The molecule has 122 valence electrons. The first-order valence-corrected chi connectivity index (χ1v) is 8.33. The summed E-state index contributed by atoms with van der Waals surface area (Å²) in [6, 6.07) is 0. The molecule has 2 heteroatoms. The Kier molecular flexibility index (Phi) is 15.8. The van der Waals surface area contributed by atoms with E-state index in [1.54, 1.807) is 12.2 Å². The molecule has 0 spiro atoms. The van der Waals surface area contributed by atoms with Crippen molar-refractivity contribution in [1.29, 1.82) is 0 Å². The van der Waals surface area contributed by atoms with Gasteiger partial charge in [0.1, 0.15) is 0 Å². The van der Waals surface area contributed by atoms with Gasteiger partial charge < -0.3 is 5.11 Å². The first-order chi connectivity index (χ1) is 10.8. The summed E-state index contributed by atoms with van der Waals surface area (Å²) >= 11 is 0. The molecule has 0 aromatic carbocycles. The zero-order chi connectivity index (χ0) is 16.3. The van der Waals surface area contributed by atoms with Gasteiger partial charge in [0.25, 0.3) is 0 Å². The molecule has 1 N–H and O–H groups in total. The van der Waals surface area contributed by atoms with Crippen LogP contribution in [0.1, 0.15) is 58.3 Å². The molecule has 0 unspecified atom stereocenters. The molecule has 0 atom stereocenters. The van der Waals surface area contributed by atoms with Gasteiger partial charge in [0.05, 0.1) is 0 Å². The highest BCUT2D eigenvalue weighted by molar-refractivity contribution is 5.80. The maximum Gasteiger partial charge on any atom is 0.328 e. The maximum atomic E-state index is 10.2. The topological polar surface area (TPSA) is 37.3 Å². The second-order valence-electron chi connectivity index (χ2n) is 5.19. The minimum Gasteiger partial charge on any atom is -0.478 e. The number of aliphatic carboxylic acids is 1. The van der Waals surface area contributed by atoms with Crippen molar-refractivity contribution in [2.24, 2.45) is 0 Å². The minimum absolute atomic E-state index is 0.931. The van der Waals surface area contributed by atoms with Crippen LogP contribution in [0.2, 0.25) is 0 Å². The van der Waals surface area contributed by atoms with Gasteiger partial charge in [-0.2, -0.15) is 0 Å². The highest BCUT2D eigenvalue weighted by Crippen LogP contribution is 2.08. The average molecular weight is 302 g/mol. The maximum absolute atomic E-state index is 10.2. The van der Waals surface area contributed by atoms with Crippen LogP contribution in [0.4, 0.5) is 0 Å². The summed E-state index contributed by atoms with van der Waals surface area (Å²) in [5, 5.41) is 8.38. The smallest absolute Gasteiger partial charge is 0.328 e. The van der Waals surface area contributed by atoms with E-state index in [0.29, 0.717) is 0 Å². The predicted octanol–water partition coefficient (Wildman–Crippen LogP) is 5.99. The number of carboxylic acid groups (broad SMARTS) is 1. The molecule has 0 aromatic heterocycles. The summed E-state index contributed by atoms with van der Waals surface area (Å²) in [7, 11) is 0. The van der Waals surface area contributed by atoms with Gasteiger partial charge >= 0.3 is 5.97 Å². The fourth-order valence-corrected chi connectivity index (χ4v) is 1.92. The summed E-state index contributed by atoms with van der Waals surface area (Å²) in [4.78, 5) is 10.2. The number of hydrogen-bond acceptors (Lipinski definition) is 1. The van der Waals surface area contributed by atoms with E-state index in [2.05, 4.69) is 19.1 Å².